The van der Waals surface area contributed by atoms with E-state index in [1.165, 1.54) is 12.1 Å². The van der Waals surface area contributed by atoms with E-state index in [4.69, 9.17) is 5.73 Å². The summed E-state index contributed by atoms with van der Waals surface area (Å²) in [4.78, 5) is 11.8. The van der Waals surface area contributed by atoms with Gasteiger partial charge >= 0.3 is 0 Å². The van der Waals surface area contributed by atoms with Gasteiger partial charge in [-0.05, 0) is 31.0 Å². The topological polar surface area (TPSA) is 55.1 Å². The molecule has 0 radical (unpaired) electrons. The Morgan fingerprint density at radius 3 is 2.56 bits per heavy atom. The van der Waals surface area contributed by atoms with Gasteiger partial charge in [0.1, 0.15) is 5.82 Å². The van der Waals surface area contributed by atoms with E-state index >= 15 is 0 Å². The number of amides is 1. The zero-order chi connectivity index (χ0) is 13.8. The fraction of sp³-hybridized carbons (Fsp3) is 0.462. The van der Waals surface area contributed by atoms with Crippen LogP contribution in [0.5, 0.6) is 0 Å². The molecule has 0 heterocycles. The van der Waals surface area contributed by atoms with Gasteiger partial charge in [-0.2, -0.15) is 0 Å². The van der Waals surface area contributed by atoms with E-state index in [1.807, 2.05) is 13.8 Å². The lowest BCUT2D eigenvalue weighted by molar-refractivity contribution is 0.0938. The van der Waals surface area contributed by atoms with Crippen molar-refractivity contribution >= 4 is 21.8 Å². The van der Waals surface area contributed by atoms with Crippen molar-refractivity contribution in [1.29, 1.82) is 0 Å². The van der Waals surface area contributed by atoms with E-state index in [0.29, 0.717) is 11.0 Å². The fourth-order valence-corrected chi connectivity index (χ4v) is 1.86. The quantitative estimate of drug-likeness (QED) is 0.877. The van der Waals surface area contributed by atoms with Gasteiger partial charge in [0.05, 0.1) is 5.56 Å². The molecular formula is C13H18BrFN2O. The van der Waals surface area contributed by atoms with Crippen molar-refractivity contribution in [3.63, 3.8) is 0 Å². The second kappa shape index (κ2) is 6.29. The minimum Gasteiger partial charge on any atom is -0.350 e. The van der Waals surface area contributed by atoms with Crippen molar-refractivity contribution in [2.24, 2.45) is 5.73 Å². The van der Waals surface area contributed by atoms with Crippen molar-refractivity contribution in [3.05, 3.63) is 34.1 Å². The van der Waals surface area contributed by atoms with Gasteiger partial charge in [-0.1, -0.05) is 29.8 Å². The van der Waals surface area contributed by atoms with E-state index in [2.05, 4.69) is 21.2 Å². The third-order valence-corrected chi connectivity index (χ3v) is 3.68. The van der Waals surface area contributed by atoms with Gasteiger partial charge in [-0.15, -0.1) is 0 Å². The predicted octanol–water partition coefficient (Wildman–Crippen LogP) is 2.84. The molecule has 100 valence electrons. The fourth-order valence-electron chi connectivity index (χ4n) is 1.53. The standard InChI is InChI=1S/C13H18BrFN2O/c1-3-13(16,4-2)8-17-12(18)10-6-5-9(14)7-11(10)15/h5-7H,3-4,8,16H2,1-2H3,(H,17,18). The summed E-state index contributed by atoms with van der Waals surface area (Å²) in [6.07, 6.45) is 1.51. The van der Waals surface area contributed by atoms with Crippen LogP contribution in [0, 0.1) is 5.82 Å². The summed E-state index contributed by atoms with van der Waals surface area (Å²) in [6, 6.07) is 4.35. The maximum Gasteiger partial charge on any atom is 0.254 e. The van der Waals surface area contributed by atoms with Crippen LogP contribution in [0.3, 0.4) is 0 Å². The summed E-state index contributed by atoms with van der Waals surface area (Å²) in [5.41, 5.74) is 5.68. The molecule has 3 nitrogen and oxygen atoms in total. The first kappa shape index (κ1) is 15.1. The molecular weight excluding hydrogens is 299 g/mol. The zero-order valence-electron chi connectivity index (χ0n) is 10.6. The molecule has 0 saturated carbocycles. The maximum absolute atomic E-state index is 13.6. The second-order valence-electron chi connectivity index (χ2n) is 4.38. The van der Waals surface area contributed by atoms with Crippen LogP contribution in [-0.4, -0.2) is 18.0 Å². The number of nitrogens with one attached hydrogen (secondary N) is 1. The van der Waals surface area contributed by atoms with Gasteiger partial charge in [-0.25, -0.2) is 4.39 Å². The third kappa shape index (κ3) is 3.78. The van der Waals surface area contributed by atoms with Gasteiger partial charge in [-0.3, -0.25) is 4.79 Å². The first-order valence-corrected chi connectivity index (χ1v) is 6.73. The number of carbonyl (C=O) groups excluding carboxylic acids is 1. The molecule has 1 rings (SSSR count). The molecule has 1 aromatic carbocycles. The Hall–Kier alpha value is -0.940. The first-order chi connectivity index (χ1) is 8.41. The first-order valence-electron chi connectivity index (χ1n) is 5.94. The lowest BCUT2D eigenvalue weighted by atomic mass is 9.94. The lowest BCUT2D eigenvalue weighted by Gasteiger charge is -2.26. The van der Waals surface area contributed by atoms with Crippen molar-refractivity contribution < 1.29 is 9.18 Å². The Labute approximate surface area is 115 Å². The highest BCUT2D eigenvalue weighted by Crippen LogP contribution is 2.16. The Morgan fingerprint density at radius 2 is 2.06 bits per heavy atom. The Morgan fingerprint density at radius 1 is 1.44 bits per heavy atom. The number of nitrogens with two attached hydrogens (primary N) is 1. The van der Waals surface area contributed by atoms with Crippen molar-refractivity contribution in [2.45, 2.75) is 32.2 Å². The number of halogens is 2. The van der Waals surface area contributed by atoms with Gasteiger partial charge in [0.2, 0.25) is 0 Å². The molecule has 3 N–H and O–H groups in total. The SMILES string of the molecule is CCC(N)(CC)CNC(=O)c1ccc(Br)cc1F. The summed E-state index contributed by atoms with van der Waals surface area (Å²) in [7, 11) is 0. The minimum absolute atomic E-state index is 0.0350. The number of hydrogen-bond acceptors (Lipinski definition) is 2. The molecule has 0 spiro atoms. The summed E-state index contributed by atoms with van der Waals surface area (Å²) in [6.45, 7) is 4.28. The highest BCUT2D eigenvalue weighted by Gasteiger charge is 2.22. The molecule has 0 aliphatic heterocycles. The highest BCUT2D eigenvalue weighted by atomic mass is 79.9. The second-order valence-corrected chi connectivity index (χ2v) is 5.29. The average molecular weight is 317 g/mol. The van der Waals surface area contributed by atoms with Gasteiger partial charge < -0.3 is 11.1 Å². The molecule has 0 aliphatic rings. The maximum atomic E-state index is 13.6. The summed E-state index contributed by atoms with van der Waals surface area (Å²) in [5.74, 6) is -0.978. The van der Waals surface area contributed by atoms with Crippen LogP contribution in [0.4, 0.5) is 4.39 Å². The number of benzene rings is 1. The van der Waals surface area contributed by atoms with Crippen LogP contribution in [0.25, 0.3) is 0 Å². The van der Waals surface area contributed by atoms with E-state index in [9.17, 15) is 9.18 Å². The Kier molecular flexibility index (Phi) is 5.28. The molecule has 0 aromatic heterocycles. The largest absolute Gasteiger partial charge is 0.350 e. The van der Waals surface area contributed by atoms with Gasteiger partial charge in [0.15, 0.2) is 0 Å². The molecule has 1 amide bonds. The van der Waals surface area contributed by atoms with E-state index in [0.717, 1.165) is 12.8 Å². The van der Waals surface area contributed by atoms with Crippen molar-refractivity contribution in [1.82, 2.24) is 5.32 Å². The average Bonchev–Trinajstić information content (AvgIpc) is 2.35. The summed E-state index contributed by atoms with van der Waals surface area (Å²) >= 11 is 3.15. The Bertz CT molecular complexity index is 433. The van der Waals surface area contributed by atoms with Crippen LogP contribution < -0.4 is 11.1 Å². The van der Waals surface area contributed by atoms with E-state index < -0.39 is 17.3 Å². The monoisotopic (exact) mass is 316 g/mol. The smallest absolute Gasteiger partial charge is 0.254 e. The lowest BCUT2D eigenvalue weighted by Crippen LogP contribution is -2.49. The van der Waals surface area contributed by atoms with E-state index in [1.54, 1.807) is 6.07 Å². The number of carbonyl (C=O) groups is 1. The van der Waals surface area contributed by atoms with Crippen LogP contribution in [0.15, 0.2) is 22.7 Å². The number of rotatable bonds is 5. The summed E-state index contributed by atoms with van der Waals surface area (Å²) < 4.78 is 14.2. The van der Waals surface area contributed by atoms with E-state index in [-0.39, 0.29) is 5.56 Å². The molecule has 5 heteroatoms. The number of hydrogen-bond donors (Lipinski definition) is 2. The molecule has 0 atom stereocenters. The van der Waals surface area contributed by atoms with Crippen LogP contribution in [0.2, 0.25) is 0 Å². The Balaban J connectivity index is 2.71. The molecule has 0 aliphatic carbocycles. The van der Waals surface area contributed by atoms with Crippen molar-refractivity contribution in [3.8, 4) is 0 Å². The molecule has 18 heavy (non-hydrogen) atoms. The van der Waals surface area contributed by atoms with Crippen molar-refractivity contribution in [2.75, 3.05) is 6.54 Å². The third-order valence-electron chi connectivity index (χ3n) is 3.19. The van der Waals surface area contributed by atoms with Gasteiger partial charge in [0, 0.05) is 16.6 Å². The van der Waals surface area contributed by atoms with Crippen LogP contribution >= 0.6 is 15.9 Å². The van der Waals surface area contributed by atoms with Gasteiger partial charge in [0.25, 0.3) is 5.91 Å². The predicted molar refractivity (Wildman–Crippen MR) is 73.9 cm³/mol. The zero-order valence-corrected chi connectivity index (χ0v) is 12.2. The normalized spacial score (nSPS) is 11.4. The highest BCUT2D eigenvalue weighted by molar-refractivity contribution is 9.10. The summed E-state index contributed by atoms with van der Waals surface area (Å²) in [5, 5.41) is 2.68. The molecule has 1 aromatic rings. The minimum atomic E-state index is -0.544. The molecule has 0 fully saturated rings. The molecule has 0 unspecified atom stereocenters. The van der Waals surface area contributed by atoms with Crippen LogP contribution in [0.1, 0.15) is 37.0 Å². The molecule has 0 saturated heterocycles. The molecule has 0 bridgehead atoms. The van der Waals surface area contributed by atoms with Crippen LogP contribution in [-0.2, 0) is 0 Å².